The number of ether oxygens (including phenoxy) is 2. The first-order valence-electron chi connectivity index (χ1n) is 10.0. The number of amides is 1. The summed E-state index contributed by atoms with van der Waals surface area (Å²) >= 11 is 0. The van der Waals surface area contributed by atoms with Gasteiger partial charge in [0.15, 0.2) is 5.78 Å². The molecule has 3 aromatic carbocycles. The van der Waals surface area contributed by atoms with Gasteiger partial charge in [0.2, 0.25) is 0 Å². The fraction of sp³-hybridized carbons (Fsp3) is 0.200. The normalized spacial score (nSPS) is 17.2. The number of hydrogen-bond acceptors (Lipinski definition) is 4. The lowest BCUT2D eigenvalue weighted by atomic mass is 9.95. The van der Waals surface area contributed by atoms with E-state index < -0.39 is 5.79 Å². The van der Waals surface area contributed by atoms with E-state index in [9.17, 15) is 9.59 Å². The Morgan fingerprint density at radius 3 is 2.37 bits per heavy atom. The topological polar surface area (TPSA) is 55.8 Å². The number of ketones is 1. The molecule has 2 aliphatic rings. The van der Waals surface area contributed by atoms with E-state index in [1.165, 1.54) is 0 Å². The number of carbonyl (C=O) groups is 2. The molecule has 3 aromatic rings. The molecule has 0 radical (unpaired) electrons. The minimum atomic E-state index is -1.51. The Bertz CT molecular complexity index is 1130. The Kier molecular flexibility index (Phi) is 4.50. The summed E-state index contributed by atoms with van der Waals surface area (Å²) in [7, 11) is 0. The largest absolute Gasteiger partial charge is 0.338 e. The molecule has 0 bridgehead atoms. The number of benzene rings is 3. The lowest BCUT2D eigenvalue weighted by Crippen LogP contribution is -2.46. The van der Waals surface area contributed by atoms with Crippen molar-refractivity contribution >= 4 is 23.1 Å². The Morgan fingerprint density at radius 1 is 0.933 bits per heavy atom. The summed E-state index contributed by atoms with van der Waals surface area (Å²) in [5.41, 5.74) is 4.04. The molecule has 2 aliphatic heterocycles. The van der Waals surface area contributed by atoms with Gasteiger partial charge in [-0.05, 0) is 49.2 Å². The zero-order valence-corrected chi connectivity index (χ0v) is 16.6. The van der Waals surface area contributed by atoms with Crippen LogP contribution in [-0.2, 0) is 20.1 Å². The molecule has 1 fully saturated rings. The summed E-state index contributed by atoms with van der Waals surface area (Å²) in [6.45, 7) is 2.75. The van der Waals surface area contributed by atoms with Crippen LogP contribution >= 0.6 is 0 Å². The van der Waals surface area contributed by atoms with Gasteiger partial charge >= 0.3 is 0 Å². The van der Waals surface area contributed by atoms with E-state index >= 15 is 0 Å². The summed E-state index contributed by atoms with van der Waals surface area (Å²) in [5, 5.41) is 0. The van der Waals surface area contributed by atoms with E-state index in [1.807, 2.05) is 67.6 Å². The third-order valence-corrected chi connectivity index (χ3v) is 5.64. The summed E-state index contributed by atoms with van der Waals surface area (Å²) in [6.07, 6.45) is 0.720. The summed E-state index contributed by atoms with van der Waals surface area (Å²) < 4.78 is 11.9. The number of fused-ring (bicyclic) bond motifs is 2. The molecule has 0 unspecified atom stereocenters. The summed E-state index contributed by atoms with van der Waals surface area (Å²) in [6, 6.07) is 22.2. The molecule has 0 atom stereocenters. The molecule has 150 valence electrons. The molecule has 0 aliphatic carbocycles. The van der Waals surface area contributed by atoms with Crippen molar-refractivity contribution in [1.82, 2.24) is 0 Å². The van der Waals surface area contributed by atoms with E-state index in [1.54, 1.807) is 17.0 Å². The van der Waals surface area contributed by atoms with Crippen LogP contribution in [0.3, 0.4) is 0 Å². The van der Waals surface area contributed by atoms with Gasteiger partial charge in [-0.15, -0.1) is 0 Å². The van der Waals surface area contributed by atoms with Crippen molar-refractivity contribution in [2.24, 2.45) is 0 Å². The van der Waals surface area contributed by atoms with Gasteiger partial charge in [-0.3, -0.25) is 14.5 Å². The quantitative estimate of drug-likeness (QED) is 0.609. The van der Waals surface area contributed by atoms with Crippen molar-refractivity contribution in [2.45, 2.75) is 19.1 Å². The molecule has 0 saturated carbocycles. The molecular weight excluding hydrogens is 378 g/mol. The van der Waals surface area contributed by atoms with Crippen molar-refractivity contribution in [3.05, 3.63) is 95.1 Å². The number of nitrogens with zero attached hydrogens (tertiary/aromatic N) is 1. The second kappa shape index (κ2) is 7.20. The van der Waals surface area contributed by atoms with Crippen LogP contribution in [0.15, 0.2) is 72.8 Å². The number of rotatable bonds is 3. The van der Waals surface area contributed by atoms with Crippen molar-refractivity contribution < 1.29 is 19.1 Å². The highest BCUT2D eigenvalue weighted by molar-refractivity contribution is 6.14. The first-order chi connectivity index (χ1) is 14.6. The molecule has 0 N–H and O–H groups in total. The molecule has 1 saturated heterocycles. The Labute approximate surface area is 174 Å². The van der Waals surface area contributed by atoms with E-state index in [4.69, 9.17) is 9.47 Å². The fourth-order valence-electron chi connectivity index (χ4n) is 4.14. The van der Waals surface area contributed by atoms with Gasteiger partial charge in [-0.1, -0.05) is 42.5 Å². The highest BCUT2D eigenvalue weighted by atomic mass is 16.7. The third-order valence-electron chi connectivity index (χ3n) is 5.64. The predicted molar refractivity (Wildman–Crippen MR) is 113 cm³/mol. The standard InChI is InChI=1S/C25H21NO4/c1-17-8-5-6-11-20(17)23(27)18-12-13-22-21(16-18)25(29-14-7-15-30-25)24(28)26(22)19-9-3-2-4-10-19/h2-6,8-13,16H,7,14-15H2,1H3. The minimum absolute atomic E-state index is 0.0903. The zero-order valence-electron chi connectivity index (χ0n) is 16.6. The highest BCUT2D eigenvalue weighted by Crippen LogP contribution is 2.48. The fourth-order valence-corrected chi connectivity index (χ4v) is 4.14. The zero-order chi connectivity index (χ0) is 20.7. The number of anilines is 2. The Hall–Kier alpha value is -3.28. The van der Waals surface area contributed by atoms with Crippen molar-refractivity contribution in [1.29, 1.82) is 0 Å². The maximum atomic E-state index is 13.5. The molecule has 1 spiro atoms. The number of aryl methyl sites for hydroxylation is 1. The van der Waals surface area contributed by atoms with E-state index in [0.717, 1.165) is 17.7 Å². The van der Waals surface area contributed by atoms with Gasteiger partial charge in [-0.2, -0.15) is 0 Å². The highest BCUT2D eigenvalue weighted by Gasteiger charge is 2.55. The van der Waals surface area contributed by atoms with Gasteiger partial charge < -0.3 is 9.47 Å². The third kappa shape index (κ3) is 2.78. The van der Waals surface area contributed by atoms with Crippen LogP contribution in [0.5, 0.6) is 0 Å². The number of carbonyl (C=O) groups excluding carboxylic acids is 2. The van der Waals surface area contributed by atoms with Crippen LogP contribution in [0.1, 0.15) is 33.5 Å². The van der Waals surface area contributed by atoms with Gasteiger partial charge in [0, 0.05) is 22.4 Å². The molecule has 2 heterocycles. The lowest BCUT2D eigenvalue weighted by molar-refractivity contribution is -0.256. The van der Waals surface area contributed by atoms with Crippen LogP contribution in [0.25, 0.3) is 0 Å². The number of hydrogen-bond donors (Lipinski definition) is 0. The molecule has 5 heteroatoms. The second-order valence-electron chi connectivity index (χ2n) is 7.52. The summed E-state index contributed by atoms with van der Waals surface area (Å²) in [5.74, 6) is -1.89. The SMILES string of the molecule is Cc1ccccc1C(=O)c1ccc2c(c1)C1(OCCCO1)C(=O)N2c1ccccc1. The van der Waals surface area contributed by atoms with E-state index in [2.05, 4.69) is 0 Å². The van der Waals surface area contributed by atoms with Crippen molar-refractivity contribution in [3.63, 3.8) is 0 Å². The second-order valence-corrected chi connectivity index (χ2v) is 7.52. The lowest BCUT2D eigenvalue weighted by Gasteiger charge is -2.32. The Balaban J connectivity index is 1.65. The van der Waals surface area contributed by atoms with Crippen molar-refractivity contribution in [2.75, 3.05) is 18.1 Å². The smallest absolute Gasteiger partial charge is 0.297 e. The van der Waals surface area contributed by atoms with Crippen LogP contribution in [0, 0.1) is 6.92 Å². The van der Waals surface area contributed by atoms with Crippen LogP contribution in [0.2, 0.25) is 0 Å². The van der Waals surface area contributed by atoms with Crippen LogP contribution < -0.4 is 4.90 Å². The molecular formula is C25H21NO4. The van der Waals surface area contributed by atoms with Gasteiger partial charge in [0.25, 0.3) is 11.7 Å². The molecule has 5 rings (SSSR count). The number of para-hydroxylation sites is 1. The predicted octanol–water partition coefficient (Wildman–Crippen LogP) is 4.49. The van der Waals surface area contributed by atoms with Gasteiger partial charge in [-0.25, -0.2) is 0 Å². The van der Waals surface area contributed by atoms with Crippen molar-refractivity contribution in [3.8, 4) is 0 Å². The van der Waals surface area contributed by atoms with E-state index in [-0.39, 0.29) is 11.7 Å². The summed E-state index contributed by atoms with van der Waals surface area (Å²) in [4.78, 5) is 28.3. The van der Waals surface area contributed by atoms with Crippen LogP contribution in [-0.4, -0.2) is 24.9 Å². The van der Waals surface area contributed by atoms with Crippen LogP contribution in [0.4, 0.5) is 11.4 Å². The molecule has 0 aromatic heterocycles. The minimum Gasteiger partial charge on any atom is -0.338 e. The molecule has 5 nitrogen and oxygen atoms in total. The monoisotopic (exact) mass is 399 g/mol. The maximum Gasteiger partial charge on any atom is 0.297 e. The molecule has 30 heavy (non-hydrogen) atoms. The first kappa shape index (κ1) is 18.7. The van der Waals surface area contributed by atoms with Gasteiger partial charge in [0.05, 0.1) is 18.9 Å². The average Bonchev–Trinajstić information content (AvgIpc) is 3.02. The van der Waals surface area contributed by atoms with E-state index in [0.29, 0.717) is 35.6 Å². The van der Waals surface area contributed by atoms with Gasteiger partial charge in [0.1, 0.15) is 0 Å². The maximum absolute atomic E-state index is 13.5. The molecule has 1 amide bonds. The Morgan fingerprint density at radius 2 is 1.63 bits per heavy atom. The average molecular weight is 399 g/mol. The first-order valence-corrected chi connectivity index (χ1v) is 10.0.